The third-order valence-electron chi connectivity index (χ3n) is 2.65. The molecule has 1 aromatic heterocycles. The normalized spacial score (nSPS) is 10.4. The number of benzene rings is 1. The lowest BCUT2D eigenvalue weighted by atomic mass is 10.2. The highest BCUT2D eigenvalue weighted by molar-refractivity contribution is 5.40. The van der Waals surface area contributed by atoms with Crippen LogP contribution in [0.1, 0.15) is 25.6 Å². The Labute approximate surface area is 117 Å². The number of aromatic nitrogens is 2. The van der Waals surface area contributed by atoms with Gasteiger partial charge in [-0.3, -0.25) is 0 Å². The Morgan fingerprint density at radius 1 is 1.15 bits per heavy atom. The van der Waals surface area contributed by atoms with E-state index in [0.29, 0.717) is 23.3 Å². The van der Waals surface area contributed by atoms with Crippen LogP contribution in [0.5, 0.6) is 17.4 Å². The third kappa shape index (κ3) is 3.36. The van der Waals surface area contributed by atoms with Gasteiger partial charge in [-0.2, -0.15) is 4.98 Å². The van der Waals surface area contributed by atoms with Gasteiger partial charge in [0.05, 0.1) is 7.11 Å². The number of nitrogens with one attached hydrogen (secondary N) is 1. The van der Waals surface area contributed by atoms with Crippen LogP contribution in [0.2, 0.25) is 0 Å². The minimum absolute atomic E-state index is 0.177. The molecule has 0 aliphatic carbocycles. The first-order chi connectivity index (χ1) is 9.62. The highest BCUT2D eigenvalue weighted by Crippen LogP contribution is 2.26. The van der Waals surface area contributed by atoms with Crippen molar-refractivity contribution in [3.8, 4) is 17.4 Å². The van der Waals surface area contributed by atoms with E-state index in [9.17, 15) is 0 Å². The summed E-state index contributed by atoms with van der Waals surface area (Å²) in [7, 11) is 1.61. The monoisotopic (exact) mass is 274 g/mol. The van der Waals surface area contributed by atoms with E-state index in [-0.39, 0.29) is 5.92 Å². The molecule has 0 aliphatic heterocycles. The van der Waals surface area contributed by atoms with Gasteiger partial charge in [-0.05, 0) is 12.1 Å². The summed E-state index contributed by atoms with van der Waals surface area (Å²) in [6.45, 7) is 4.01. The zero-order valence-corrected chi connectivity index (χ0v) is 11.8. The fraction of sp³-hybridized carbons (Fsp3) is 0.286. The summed E-state index contributed by atoms with van der Waals surface area (Å²) in [6.07, 6.45) is 0. The number of anilines is 1. The van der Waals surface area contributed by atoms with Crippen LogP contribution >= 0.6 is 0 Å². The Bertz CT molecular complexity index is 587. The van der Waals surface area contributed by atoms with Gasteiger partial charge in [0.1, 0.15) is 23.1 Å². The van der Waals surface area contributed by atoms with E-state index in [1.165, 1.54) is 0 Å². The van der Waals surface area contributed by atoms with E-state index >= 15 is 0 Å². The van der Waals surface area contributed by atoms with E-state index in [4.69, 9.17) is 15.3 Å². The minimum atomic E-state index is 0.177. The molecule has 0 spiro atoms. The first-order valence-electron chi connectivity index (χ1n) is 6.30. The van der Waals surface area contributed by atoms with E-state index in [1.807, 2.05) is 32.0 Å². The summed E-state index contributed by atoms with van der Waals surface area (Å²) < 4.78 is 10.9. The molecule has 1 aromatic carbocycles. The molecule has 0 saturated heterocycles. The van der Waals surface area contributed by atoms with Gasteiger partial charge in [0.15, 0.2) is 0 Å². The lowest BCUT2D eigenvalue weighted by Gasteiger charge is -2.11. The molecule has 2 rings (SSSR count). The van der Waals surface area contributed by atoms with Crippen molar-refractivity contribution in [2.75, 3.05) is 12.5 Å². The summed E-state index contributed by atoms with van der Waals surface area (Å²) in [4.78, 5) is 8.64. The van der Waals surface area contributed by atoms with Gasteiger partial charge < -0.3 is 14.9 Å². The maximum Gasteiger partial charge on any atom is 0.224 e. The molecule has 6 heteroatoms. The highest BCUT2D eigenvalue weighted by atomic mass is 16.5. The van der Waals surface area contributed by atoms with Crippen molar-refractivity contribution < 1.29 is 9.47 Å². The number of methoxy groups -OCH3 is 1. The molecule has 0 atom stereocenters. The Hall–Kier alpha value is -2.34. The largest absolute Gasteiger partial charge is 0.497 e. The first kappa shape index (κ1) is 14.1. The summed E-state index contributed by atoms with van der Waals surface area (Å²) in [5.41, 5.74) is 2.52. The Balaban J connectivity index is 2.29. The van der Waals surface area contributed by atoms with Gasteiger partial charge in [0, 0.05) is 18.1 Å². The van der Waals surface area contributed by atoms with Crippen molar-refractivity contribution in [3.63, 3.8) is 0 Å². The van der Waals surface area contributed by atoms with Gasteiger partial charge in [-0.15, -0.1) is 0 Å². The third-order valence-corrected chi connectivity index (χ3v) is 2.65. The standard InChI is InChI=1S/C14H18N4O2/c1-9(2)14-16-12(18-15)8-13(17-14)20-11-6-4-5-10(7-11)19-3/h4-9H,15H2,1-3H3,(H,16,17,18). The SMILES string of the molecule is COc1cccc(Oc2cc(NN)nc(C(C)C)n2)c1. The number of hydrogen-bond acceptors (Lipinski definition) is 6. The number of nitrogens with zero attached hydrogens (tertiary/aromatic N) is 2. The maximum absolute atomic E-state index is 5.73. The zero-order chi connectivity index (χ0) is 14.5. The van der Waals surface area contributed by atoms with Gasteiger partial charge in [0.25, 0.3) is 0 Å². The van der Waals surface area contributed by atoms with Crippen molar-refractivity contribution in [1.82, 2.24) is 9.97 Å². The second kappa shape index (κ2) is 6.21. The number of hydrazine groups is 1. The molecule has 3 N–H and O–H groups in total. The quantitative estimate of drug-likeness (QED) is 0.644. The smallest absolute Gasteiger partial charge is 0.224 e. The van der Waals surface area contributed by atoms with E-state index < -0.39 is 0 Å². The van der Waals surface area contributed by atoms with Crippen LogP contribution in [0.25, 0.3) is 0 Å². The Morgan fingerprint density at radius 3 is 2.55 bits per heavy atom. The fourth-order valence-electron chi connectivity index (χ4n) is 1.61. The molecule has 1 heterocycles. The average Bonchev–Trinajstić information content (AvgIpc) is 2.47. The molecule has 106 valence electrons. The second-order valence-corrected chi connectivity index (χ2v) is 4.53. The summed E-state index contributed by atoms with van der Waals surface area (Å²) in [5.74, 6) is 8.56. The second-order valence-electron chi connectivity index (χ2n) is 4.53. The van der Waals surface area contributed by atoms with Crippen molar-refractivity contribution in [2.45, 2.75) is 19.8 Å². The van der Waals surface area contributed by atoms with E-state index in [1.54, 1.807) is 19.2 Å². The molecule has 0 radical (unpaired) electrons. The molecule has 0 fully saturated rings. The molecular weight excluding hydrogens is 256 g/mol. The number of nitrogen functional groups attached to an aromatic ring is 1. The molecule has 0 aliphatic rings. The predicted octanol–water partition coefficient (Wildman–Crippen LogP) is 2.69. The Kier molecular flexibility index (Phi) is 4.37. The molecule has 0 unspecified atom stereocenters. The number of ether oxygens (including phenoxy) is 2. The summed E-state index contributed by atoms with van der Waals surface area (Å²) >= 11 is 0. The van der Waals surface area contributed by atoms with Crippen molar-refractivity contribution in [3.05, 3.63) is 36.2 Å². The van der Waals surface area contributed by atoms with Crippen LogP contribution in [0.3, 0.4) is 0 Å². The maximum atomic E-state index is 5.73. The number of rotatable bonds is 5. The van der Waals surface area contributed by atoms with Crippen molar-refractivity contribution >= 4 is 5.82 Å². The summed E-state index contributed by atoms with van der Waals surface area (Å²) in [5, 5.41) is 0. The Morgan fingerprint density at radius 2 is 1.90 bits per heavy atom. The van der Waals surface area contributed by atoms with Crippen LogP contribution in [-0.4, -0.2) is 17.1 Å². The van der Waals surface area contributed by atoms with Gasteiger partial charge in [-0.1, -0.05) is 19.9 Å². The van der Waals surface area contributed by atoms with Crippen LogP contribution in [0, 0.1) is 0 Å². The predicted molar refractivity (Wildman–Crippen MR) is 77.0 cm³/mol. The van der Waals surface area contributed by atoms with Crippen molar-refractivity contribution in [2.24, 2.45) is 5.84 Å². The highest BCUT2D eigenvalue weighted by Gasteiger charge is 2.09. The van der Waals surface area contributed by atoms with Crippen LogP contribution in [0.4, 0.5) is 5.82 Å². The summed E-state index contributed by atoms with van der Waals surface area (Å²) in [6, 6.07) is 8.95. The van der Waals surface area contributed by atoms with Crippen LogP contribution < -0.4 is 20.7 Å². The van der Waals surface area contributed by atoms with Crippen LogP contribution in [0.15, 0.2) is 30.3 Å². The van der Waals surface area contributed by atoms with Gasteiger partial charge in [0.2, 0.25) is 5.88 Å². The lowest BCUT2D eigenvalue weighted by molar-refractivity contribution is 0.407. The lowest BCUT2D eigenvalue weighted by Crippen LogP contribution is -2.11. The molecule has 0 bridgehead atoms. The fourth-order valence-corrected chi connectivity index (χ4v) is 1.61. The van der Waals surface area contributed by atoms with E-state index in [2.05, 4.69) is 15.4 Å². The molecule has 2 aromatic rings. The number of hydrogen-bond donors (Lipinski definition) is 2. The molecule has 0 saturated carbocycles. The average molecular weight is 274 g/mol. The number of nitrogens with two attached hydrogens (primary N) is 1. The molecular formula is C14H18N4O2. The van der Waals surface area contributed by atoms with Crippen molar-refractivity contribution in [1.29, 1.82) is 0 Å². The molecule has 0 amide bonds. The molecule has 20 heavy (non-hydrogen) atoms. The van der Waals surface area contributed by atoms with Crippen LogP contribution in [-0.2, 0) is 0 Å². The minimum Gasteiger partial charge on any atom is -0.497 e. The van der Waals surface area contributed by atoms with E-state index in [0.717, 1.165) is 5.75 Å². The first-order valence-corrected chi connectivity index (χ1v) is 6.30. The topological polar surface area (TPSA) is 82.3 Å². The zero-order valence-electron chi connectivity index (χ0n) is 11.8. The van der Waals surface area contributed by atoms with Gasteiger partial charge >= 0.3 is 0 Å². The van der Waals surface area contributed by atoms with Gasteiger partial charge in [-0.25, -0.2) is 10.8 Å². The molecule has 6 nitrogen and oxygen atoms in total.